The van der Waals surface area contributed by atoms with Gasteiger partial charge in [0.1, 0.15) is 23.9 Å². The number of methoxy groups -OCH3 is 1. The van der Waals surface area contributed by atoms with Gasteiger partial charge in [-0.25, -0.2) is 9.59 Å². The molecule has 3 aliphatic heterocycles. The normalized spacial score (nSPS) is 50.2. The average Bonchev–Trinajstić information content (AvgIpc) is 3.81. The number of rotatable bonds is 6. The zero-order chi connectivity index (χ0) is 33.7. The molecule has 7 aliphatic rings. The summed E-state index contributed by atoms with van der Waals surface area (Å²) >= 11 is 0. The van der Waals surface area contributed by atoms with Crippen LogP contribution < -0.4 is 0 Å². The lowest BCUT2D eigenvalue weighted by Gasteiger charge is -2.73. The number of cyclic esters (lactones) is 1. The summed E-state index contributed by atoms with van der Waals surface area (Å²) in [6.07, 6.45) is 5.11. The van der Waals surface area contributed by atoms with E-state index in [1.54, 1.807) is 38.5 Å². The topological polar surface area (TPSA) is 140 Å². The summed E-state index contributed by atoms with van der Waals surface area (Å²) in [7, 11) is 1.35. The van der Waals surface area contributed by atoms with Gasteiger partial charge in [0, 0.05) is 45.8 Å². The maximum absolute atomic E-state index is 13.6. The molecule has 0 radical (unpaired) electrons. The molecule has 2 saturated heterocycles. The molecule has 0 aromatic carbocycles. The molecular weight excluding hydrogens is 608 g/mol. The van der Waals surface area contributed by atoms with Gasteiger partial charge in [-0.05, 0) is 50.7 Å². The van der Waals surface area contributed by atoms with E-state index in [1.807, 2.05) is 27.7 Å². The van der Waals surface area contributed by atoms with Crippen LogP contribution in [0.3, 0.4) is 0 Å². The van der Waals surface area contributed by atoms with Crippen molar-refractivity contribution in [3.05, 3.63) is 47.5 Å². The van der Waals surface area contributed by atoms with Gasteiger partial charge in [-0.3, -0.25) is 4.79 Å². The second-order valence-corrected chi connectivity index (χ2v) is 15.9. The highest BCUT2D eigenvalue weighted by atomic mass is 16.9. The van der Waals surface area contributed by atoms with Crippen molar-refractivity contribution >= 4 is 17.9 Å². The molecule has 254 valence electrons. The Morgan fingerprint density at radius 2 is 1.91 bits per heavy atom. The third-order valence-corrected chi connectivity index (χ3v) is 13.9. The molecule has 12 atom stereocenters. The summed E-state index contributed by atoms with van der Waals surface area (Å²) in [6, 6.07) is 1.80. The Bertz CT molecular complexity index is 1640. The molecule has 4 bridgehead atoms. The van der Waals surface area contributed by atoms with Crippen LogP contribution in [-0.4, -0.2) is 65.1 Å². The van der Waals surface area contributed by atoms with Crippen LogP contribution in [0, 0.1) is 34.0 Å². The Hall–Kier alpha value is -2.99. The van der Waals surface area contributed by atoms with E-state index in [2.05, 4.69) is 6.92 Å². The van der Waals surface area contributed by atoms with Crippen LogP contribution >= 0.6 is 0 Å². The van der Waals surface area contributed by atoms with E-state index < -0.39 is 87.1 Å². The molecule has 4 aliphatic carbocycles. The molecule has 11 heteroatoms. The lowest BCUT2D eigenvalue weighted by Crippen LogP contribution is -2.86. The zero-order valence-electron chi connectivity index (χ0n) is 28.2. The molecule has 1 aromatic heterocycles. The number of hydrogen-bond donors (Lipinski definition) is 1. The van der Waals surface area contributed by atoms with Crippen LogP contribution in [-0.2, 0) is 42.8 Å². The molecule has 1 N–H and O–H groups in total. The minimum absolute atomic E-state index is 0.0351. The Kier molecular flexibility index (Phi) is 6.10. The van der Waals surface area contributed by atoms with Gasteiger partial charge in [0.05, 0.1) is 31.2 Å². The van der Waals surface area contributed by atoms with Crippen LogP contribution in [0.2, 0.25) is 0 Å². The van der Waals surface area contributed by atoms with Gasteiger partial charge in [0.2, 0.25) is 0 Å². The molecule has 1 unspecified atom stereocenters. The highest BCUT2D eigenvalue weighted by Crippen LogP contribution is 2.87. The molecule has 1 aromatic rings. The Balaban J connectivity index is 1.41. The number of fused-ring (bicyclic) bond motifs is 4. The van der Waals surface area contributed by atoms with Crippen molar-refractivity contribution in [2.75, 3.05) is 7.11 Å². The van der Waals surface area contributed by atoms with Crippen LogP contribution in [0.25, 0.3) is 0 Å². The molecule has 0 amide bonds. The number of ether oxygens (including phenoxy) is 6. The Morgan fingerprint density at radius 3 is 2.55 bits per heavy atom. The number of carbonyl (C=O) groups is 3. The first kappa shape index (κ1) is 31.3. The van der Waals surface area contributed by atoms with Crippen molar-refractivity contribution in [2.24, 2.45) is 34.0 Å². The Labute approximate surface area is 273 Å². The molecule has 1 spiro atoms. The first-order valence-corrected chi connectivity index (χ1v) is 16.7. The minimum Gasteiger partial charge on any atom is -0.472 e. The van der Waals surface area contributed by atoms with Gasteiger partial charge < -0.3 is 37.9 Å². The fourth-order valence-electron chi connectivity index (χ4n) is 11.7. The molecule has 8 rings (SSSR count). The lowest BCUT2D eigenvalue weighted by molar-refractivity contribution is -0.427. The van der Waals surface area contributed by atoms with E-state index in [0.29, 0.717) is 29.6 Å². The first-order valence-electron chi connectivity index (χ1n) is 16.7. The van der Waals surface area contributed by atoms with E-state index in [-0.39, 0.29) is 18.8 Å². The third-order valence-electron chi connectivity index (χ3n) is 13.9. The van der Waals surface area contributed by atoms with Gasteiger partial charge in [-0.1, -0.05) is 40.7 Å². The fourth-order valence-corrected chi connectivity index (χ4v) is 11.7. The maximum Gasteiger partial charge on any atom is 0.333 e. The second kappa shape index (κ2) is 9.16. The van der Waals surface area contributed by atoms with Crippen LogP contribution in [0.5, 0.6) is 0 Å². The predicted molar refractivity (Wildman–Crippen MR) is 162 cm³/mol. The number of hydrogen-bond acceptors (Lipinski definition) is 11. The maximum atomic E-state index is 13.6. The van der Waals surface area contributed by atoms with Crippen molar-refractivity contribution in [1.82, 2.24) is 0 Å². The van der Waals surface area contributed by atoms with Crippen LogP contribution in [0.4, 0.5) is 0 Å². The van der Waals surface area contributed by atoms with Crippen LogP contribution in [0.15, 0.2) is 46.3 Å². The molecule has 11 nitrogen and oxygen atoms in total. The van der Waals surface area contributed by atoms with Gasteiger partial charge in [-0.2, -0.15) is 0 Å². The monoisotopic (exact) mass is 652 g/mol. The van der Waals surface area contributed by atoms with Gasteiger partial charge in [0.15, 0.2) is 5.60 Å². The molecule has 6 fully saturated rings. The largest absolute Gasteiger partial charge is 0.472 e. The fraction of sp³-hybridized carbons (Fsp3) is 0.694. The highest BCUT2D eigenvalue weighted by molar-refractivity contribution is 5.88. The predicted octanol–water partition coefficient (Wildman–Crippen LogP) is 4.69. The molecule has 47 heavy (non-hydrogen) atoms. The van der Waals surface area contributed by atoms with E-state index in [1.165, 1.54) is 13.2 Å². The average molecular weight is 653 g/mol. The third kappa shape index (κ3) is 3.17. The van der Waals surface area contributed by atoms with Gasteiger partial charge >= 0.3 is 17.9 Å². The number of carbonyl (C=O) groups excluding carboxylic acids is 3. The van der Waals surface area contributed by atoms with E-state index in [0.717, 1.165) is 0 Å². The molecule has 4 heterocycles. The molecular formula is C36H44O11. The second-order valence-electron chi connectivity index (χ2n) is 15.9. The quantitative estimate of drug-likeness (QED) is 0.260. The van der Waals surface area contributed by atoms with Gasteiger partial charge in [0.25, 0.3) is 5.97 Å². The summed E-state index contributed by atoms with van der Waals surface area (Å²) in [5.74, 6) is -4.62. The smallest absolute Gasteiger partial charge is 0.333 e. The minimum atomic E-state index is -1.52. The standard InChI is InChI=1S/C36H44O11/c1-9-19(4)29(39)44-27-25-28-35-22-15-24(38)43-26(20-10-13-42-16-20)30(22,5)11-12-34(35,46-36(45-28,47-35)18(2)3)32(7)21(14-23(37)41-8)31(27,6)17-33(25,32)40/h9-10,13,15-16,18,21,25-28,40H,11-12,14,17H2,1-8H3/b19-9+/t21-,25+,26-,27+,28+,30+,31+,32+,33-,34-,35+,36?/m0/s1. The van der Waals surface area contributed by atoms with E-state index in [9.17, 15) is 19.5 Å². The summed E-state index contributed by atoms with van der Waals surface area (Å²) in [4.78, 5) is 40.4. The number of aliphatic hydroxyl groups is 1. The van der Waals surface area contributed by atoms with Crippen molar-refractivity contribution in [2.45, 2.75) is 115 Å². The SMILES string of the molecule is C/C=C(\C)C(=O)O[C@@H]1[C@@H]2[C@H]3OC4(C(C)C)O[C@@]5(CC[C@]6(C)C(=CC(=O)O[C@H]6c6ccoc6)[C@@]35O4)[C@]3(C)[C@@H](CC(=O)OC)[C@@]1(C)C[C@]23O. The summed E-state index contributed by atoms with van der Waals surface area (Å²) < 4.78 is 44.6. The molecule has 4 saturated carbocycles. The van der Waals surface area contributed by atoms with Crippen molar-refractivity contribution in [3.8, 4) is 0 Å². The van der Waals surface area contributed by atoms with Gasteiger partial charge in [-0.15, -0.1) is 0 Å². The number of esters is 3. The van der Waals surface area contributed by atoms with Crippen molar-refractivity contribution in [3.63, 3.8) is 0 Å². The lowest BCUT2D eigenvalue weighted by atomic mass is 9.36. The summed E-state index contributed by atoms with van der Waals surface area (Å²) in [5.41, 5.74) is -5.05. The van der Waals surface area contributed by atoms with Crippen molar-refractivity contribution in [1.29, 1.82) is 0 Å². The van der Waals surface area contributed by atoms with Crippen molar-refractivity contribution < 1.29 is 52.3 Å². The van der Waals surface area contributed by atoms with E-state index in [4.69, 9.17) is 32.8 Å². The zero-order valence-corrected chi connectivity index (χ0v) is 28.2. The highest BCUT2D eigenvalue weighted by Gasteiger charge is 2.98. The van der Waals surface area contributed by atoms with Crippen LogP contribution in [0.1, 0.15) is 85.8 Å². The Morgan fingerprint density at radius 1 is 1.17 bits per heavy atom. The van der Waals surface area contributed by atoms with E-state index >= 15 is 0 Å². The number of allylic oxidation sites excluding steroid dienone is 1. The summed E-state index contributed by atoms with van der Waals surface area (Å²) in [6.45, 7) is 13.4. The summed E-state index contributed by atoms with van der Waals surface area (Å²) in [5, 5.41) is 13.3. The number of furan rings is 1. The first-order chi connectivity index (χ1) is 22.0.